The molecule has 2 nitrogen and oxygen atoms in total. The monoisotopic (exact) mass is 168 g/mol. The Morgan fingerprint density at radius 2 is 2.25 bits per heavy atom. The average molecular weight is 168 g/mol. The molecule has 0 aliphatic heterocycles. The number of aliphatic carboxylic acids is 1. The van der Waals surface area contributed by atoms with Crippen LogP contribution in [-0.4, -0.2) is 11.1 Å². The van der Waals surface area contributed by atoms with Crippen molar-refractivity contribution in [1.29, 1.82) is 0 Å². The molecule has 0 heterocycles. The molecule has 0 unspecified atom stereocenters. The number of carboxylic acid groups (broad SMARTS) is 1. The molecule has 0 fully saturated rings. The molecule has 0 atom stereocenters. The van der Waals surface area contributed by atoms with Crippen molar-refractivity contribution in [2.45, 2.75) is 13.3 Å². The lowest BCUT2D eigenvalue weighted by molar-refractivity contribution is -0.132. The molecule has 12 heavy (non-hydrogen) atoms. The summed E-state index contributed by atoms with van der Waals surface area (Å²) in [5.41, 5.74) is 0.699. The van der Waals surface area contributed by atoms with Gasteiger partial charge in [0.15, 0.2) is 0 Å². The molecular formula is C9H9FO2. The normalized spacial score (nSPS) is 17.3. The van der Waals surface area contributed by atoms with E-state index < -0.39 is 11.8 Å². The van der Waals surface area contributed by atoms with Crippen LogP contribution in [0.3, 0.4) is 0 Å². The van der Waals surface area contributed by atoms with Crippen molar-refractivity contribution in [1.82, 2.24) is 0 Å². The summed E-state index contributed by atoms with van der Waals surface area (Å²) in [4.78, 5) is 10.5. The highest BCUT2D eigenvalue weighted by molar-refractivity contribution is 5.88. The SMILES string of the molecule is CC1=CCC(C(=O)O)=C(F)C=C1. The smallest absolute Gasteiger partial charge is 0.334 e. The number of carboxylic acids is 1. The number of allylic oxidation sites excluding steroid dienone is 5. The van der Waals surface area contributed by atoms with Crippen LogP contribution in [0.4, 0.5) is 4.39 Å². The maximum atomic E-state index is 12.9. The fourth-order valence-corrected chi connectivity index (χ4v) is 0.923. The van der Waals surface area contributed by atoms with Gasteiger partial charge in [-0.1, -0.05) is 17.7 Å². The number of hydrogen-bond acceptors (Lipinski definition) is 1. The van der Waals surface area contributed by atoms with Gasteiger partial charge in [-0.3, -0.25) is 0 Å². The van der Waals surface area contributed by atoms with Gasteiger partial charge in [0.1, 0.15) is 5.83 Å². The molecule has 1 N–H and O–H groups in total. The van der Waals surface area contributed by atoms with E-state index in [1.165, 1.54) is 6.08 Å². The van der Waals surface area contributed by atoms with Gasteiger partial charge in [-0.05, 0) is 13.0 Å². The van der Waals surface area contributed by atoms with E-state index in [-0.39, 0.29) is 12.0 Å². The summed E-state index contributed by atoms with van der Waals surface area (Å²) < 4.78 is 12.9. The van der Waals surface area contributed by atoms with Crippen LogP contribution in [0.5, 0.6) is 0 Å². The van der Waals surface area contributed by atoms with E-state index in [1.807, 2.05) is 0 Å². The van der Waals surface area contributed by atoms with E-state index >= 15 is 0 Å². The lowest BCUT2D eigenvalue weighted by Gasteiger charge is -1.95. The number of carbonyl (C=O) groups is 1. The summed E-state index contributed by atoms with van der Waals surface area (Å²) in [6.45, 7) is 1.80. The molecule has 0 bridgehead atoms. The first-order valence-corrected chi connectivity index (χ1v) is 3.58. The van der Waals surface area contributed by atoms with Gasteiger partial charge in [0.05, 0.1) is 5.57 Å². The van der Waals surface area contributed by atoms with Crippen molar-refractivity contribution < 1.29 is 14.3 Å². The summed E-state index contributed by atoms with van der Waals surface area (Å²) >= 11 is 0. The van der Waals surface area contributed by atoms with Gasteiger partial charge in [0.2, 0.25) is 0 Å². The minimum absolute atomic E-state index is 0.153. The topological polar surface area (TPSA) is 37.3 Å². The molecule has 1 aliphatic rings. The van der Waals surface area contributed by atoms with Gasteiger partial charge in [0.25, 0.3) is 0 Å². The van der Waals surface area contributed by atoms with Crippen LogP contribution in [0.1, 0.15) is 13.3 Å². The average Bonchev–Trinajstić information content (AvgIpc) is 2.14. The van der Waals surface area contributed by atoms with Gasteiger partial charge in [-0.15, -0.1) is 0 Å². The van der Waals surface area contributed by atoms with Gasteiger partial charge in [0, 0.05) is 6.42 Å². The third-order valence-corrected chi connectivity index (χ3v) is 1.67. The van der Waals surface area contributed by atoms with Crippen LogP contribution in [0.25, 0.3) is 0 Å². The minimum atomic E-state index is -1.19. The molecule has 1 rings (SSSR count). The van der Waals surface area contributed by atoms with Crippen molar-refractivity contribution in [2.75, 3.05) is 0 Å². The van der Waals surface area contributed by atoms with Crippen LogP contribution in [0.15, 0.2) is 35.2 Å². The van der Waals surface area contributed by atoms with Crippen LogP contribution in [0, 0.1) is 0 Å². The van der Waals surface area contributed by atoms with Crippen molar-refractivity contribution in [3.05, 3.63) is 35.2 Å². The first kappa shape index (κ1) is 8.71. The molecule has 0 saturated heterocycles. The lowest BCUT2D eigenvalue weighted by Crippen LogP contribution is -2.00. The standard InChI is InChI=1S/C9H9FO2/c1-6-2-4-7(9(11)12)8(10)5-3-6/h2-3,5H,4H2,1H3,(H,11,12). The van der Waals surface area contributed by atoms with Crippen LogP contribution in [-0.2, 0) is 4.79 Å². The van der Waals surface area contributed by atoms with Crippen LogP contribution in [0.2, 0.25) is 0 Å². The summed E-state index contributed by atoms with van der Waals surface area (Å²) in [6, 6.07) is 0. The van der Waals surface area contributed by atoms with Crippen LogP contribution < -0.4 is 0 Å². The molecule has 0 aromatic carbocycles. The van der Waals surface area contributed by atoms with Gasteiger partial charge in [-0.2, -0.15) is 0 Å². The van der Waals surface area contributed by atoms with Gasteiger partial charge in [-0.25, -0.2) is 9.18 Å². The van der Waals surface area contributed by atoms with E-state index in [4.69, 9.17) is 5.11 Å². The molecule has 0 amide bonds. The van der Waals surface area contributed by atoms with Crippen LogP contribution >= 0.6 is 0 Å². The Balaban J connectivity index is 3.01. The zero-order valence-electron chi connectivity index (χ0n) is 6.67. The number of hydrogen-bond donors (Lipinski definition) is 1. The molecule has 0 saturated carbocycles. The van der Waals surface area contributed by atoms with Gasteiger partial charge < -0.3 is 5.11 Å². The quantitative estimate of drug-likeness (QED) is 0.651. The van der Waals surface area contributed by atoms with Crippen molar-refractivity contribution in [3.8, 4) is 0 Å². The third kappa shape index (κ3) is 1.81. The number of rotatable bonds is 1. The summed E-state index contributed by atoms with van der Waals surface area (Å²) in [6.07, 6.45) is 4.58. The highest BCUT2D eigenvalue weighted by Crippen LogP contribution is 2.18. The Bertz CT molecular complexity index is 298. The summed E-state index contributed by atoms with van der Waals surface area (Å²) in [5.74, 6) is -1.85. The molecule has 1 aliphatic carbocycles. The highest BCUT2D eigenvalue weighted by Gasteiger charge is 2.12. The van der Waals surface area contributed by atoms with Crippen molar-refractivity contribution in [2.24, 2.45) is 0 Å². The predicted molar refractivity (Wildman–Crippen MR) is 43.3 cm³/mol. The second kappa shape index (κ2) is 3.34. The zero-order chi connectivity index (χ0) is 9.14. The lowest BCUT2D eigenvalue weighted by atomic mass is 10.1. The second-order valence-electron chi connectivity index (χ2n) is 2.62. The highest BCUT2D eigenvalue weighted by atomic mass is 19.1. The first-order valence-electron chi connectivity index (χ1n) is 3.58. The van der Waals surface area contributed by atoms with Gasteiger partial charge >= 0.3 is 5.97 Å². The summed E-state index contributed by atoms with van der Waals surface area (Å²) in [5, 5.41) is 8.56. The molecule has 64 valence electrons. The number of halogens is 1. The Morgan fingerprint density at radius 1 is 1.58 bits per heavy atom. The molecule has 0 radical (unpaired) electrons. The van der Waals surface area contributed by atoms with Crippen molar-refractivity contribution >= 4 is 5.97 Å². The van der Waals surface area contributed by atoms with E-state index in [0.29, 0.717) is 0 Å². The third-order valence-electron chi connectivity index (χ3n) is 1.67. The van der Waals surface area contributed by atoms with Crippen molar-refractivity contribution in [3.63, 3.8) is 0 Å². The Hall–Kier alpha value is -1.38. The van der Waals surface area contributed by atoms with E-state index in [0.717, 1.165) is 5.57 Å². The molecule has 0 aromatic heterocycles. The first-order chi connectivity index (χ1) is 5.61. The molecule has 0 aromatic rings. The van der Waals surface area contributed by atoms with E-state index in [2.05, 4.69) is 0 Å². The Kier molecular flexibility index (Phi) is 2.43. The predicted octanol–water partition coefficient (Wildman–Crippen LogP) is 2.20. The molecule has 3 heteroatoms. The largest absolute Gasteiger partial charge is 0.478 e. The fourth-order valence-electron chi connectivity index (χ4n) is 0.923. The second-order valence-corrected chi connectivity index (χ2v) is 2.62. The minimum Gasteiger partial charge on any atom is -0.478 e. The maximum Gasteiger partial charge on any atom is 0.334 e. The zero-order valence-corrected chi connectivity index (χ0v) is 6.67. The maximum absolute atomic E-state index is 12.9. The molecular weight excluding hydrogens is 159 g/mol. The van der Waals surface area contributed by atoms with E-state index in [1.54, 1.807) is 19.1 Å². The molecule has 0 spiro atoms. The Labute approximate surface area is 69.7 Å². The summed E-state index contributed by atoms with van der Waals surface area (Å²) in [7, 11) is 0. The fraction of sp³-hybridized carbons (Fsp3) is 0.222. The Morgan fingerprint density at radius 3 is 2.83 bits per heavy atom. The van der Waals surface area contributed by atoms with E-state index in [9.17, 15) is 9.18 Å².